The first-order valence-corrected chi connectivity index (χ1v) is 7.90. The van der Waals surface area contributed by atoms with Gasteiger partial charge in [0.25, 0.3) is 0 Å². The lowest BCUT2D eigenvalue weighted by atomic mass is 10.2. The number of rotatable bonds is 6. The van der Waals surface area contributed by atoms with Gasteiger partial charge in [0, 0.05) is 24.9 Å². The zero-order valence-electron chi connectivity index (χ0n) is 12.9. The monoisotopic (exact) mass is 334 g/mol. The topological polar surface area (TPSA) is 68.3 Å². The van der Waals surface area contributed by atoms with Gasteiger partial charge in [-0.15, -0.1) is 0 Å². The quantitative estimate of drug-likeness (QED) is 0.843. The molecule has 1 unspecified atom stereocenters. The second-order valence-electron chi connectivity index (χ2n) is 5.28. The highest BCUT2D eigenvalue weighted by Gasteiger charge is 2.15. The van der Waals surface area contributed by atoms with Crippen LogP contribution in [0, 0.1) is 0 Å². The van der Waals surface area contributed by atoms with E-state index >= 15 is 0 Å². The van der Waals surface area contributed by atoms with Gasteiger partial charge in [-0.2, -0.15) is 0 Å². The van der Waals surface area contributed by atoms with E-state index in [9.17, 15) is 0 Å². The van der Waals surface area contributed by atoms with Crippen molar-refractivity contribution in [3.63, 3.8) is 0 Å². The van der Waals surface area contributed by atoms with Gasteiger partial charge in [-0.05, 0) is 31.0 Å². The van der Waals surface area contributed by atoms with E-state index in [2.05, 4.69) is 20.6 Å². The second kappa shape index (κ2) is 7.48. The first-order valence-electron chi connectivity index (χ1n) is 7.52. The number of nitrogens with zero attached hydrogens (tertiary/aromatic N) is 2. The molecule has 0 aliphatic carbocycles. The summed E-state index contributed by atoms with van der Waals surface area (Å²) in [5.41, 5.74) is 0.833. The van der Waals surface area contributed by atoms with Gasteiger partial charge >= 0.3 is 0 Å². The predicted octanol–water partition coefficient (Wildman–Crippen LogP) is 3.47. The van der Waals surface area contributed by atoms with Gasteiger partial charge in [0.15, 0.2) is 0 Å². The first-order chi connectivity index (χ1) is 11.2. The van der Waals surface area contributed by atoms with Crippen molar-refractivity contribution in [2.24, 2.45) is 0 Å². The van der Waals surface area contributed by atoms with Gasteiger partial charge < -0.3 is 20.1 Å². The number of aromatic nitrogens is 2. The lowest BCUT2D eigenvalue weighted by Crippen LogP contribution is -2.19. The molecule has 1 aromatic heterocycles. The minimum absolute atomic E-state index is 0.266. The van der Waals surface area contributed by atoms with Crippen LogP contribution in [0.1, 0.15) is 12.8 Å². The Balaban J connectivity index is 1.63. The van der Waals surface area contributed by atoms with Crippen molar-refractivity contribution in [1.29, 1.82) is 0 Å². The Morgan fingerprint density at radius 2 is 2.17 bits per heavy atom. The van der Waals surface area contributed by atoms with Crippen molar-refractivity contribution >= 4 is 28.9 Å². The van der Waals surface area contributed by atoms with Crippen LogP contribution in [0.15, 0.2) is 30.6 Å². The summed E-state index contributed by atoms with van der Waals surface area (Å²) in [5.74, 6) is 2.09. The van der Waals surface area contributed by atoms with Crippen LogP contribution in [-0.2, 0) is 4.74 Å². The molecule has 2 N–H and O–H groups in total. The normalized spacial score (nSPS) is 17.0. The molecule has 0 bridgehead atoms. The van der Waals surface area contributed by atoms with Gasteiger partial charge in [-0.1, -0.05) is 11.6 Å². The summed E-state index contributed by atoms with van der Waals surface area (Å²) in [7, 11) is 1.59. The number of anilines is 3. The van der Waals surface area contributed by atoms with Gasteiger partial charge in [-0.3, -0.25) is 0 Å². The zero-order valence-corrected chi connectivity index (χ0v) is 13.6. The average Bonchev–Trinajstić information content (AvgIpc) is 3.07. The van der Waals surface area contributed by atoms with Crippen molar-refractivity contribution in [3.8, 4) is 5.75 Å². The highest BCUT2D eigenvalue weighted by atomic mass is 35.5. The number of ether oxygens (including phenoxy) is 2. The average molecular weight is 335 g/mol. The van der Waals surface area contributed by atoms with Crippen molar-refractivity contribution < 1.29 is 9.47 Å². The molecule has 3 rings (SSSR count). The molecule has 0 spiro atoms. The molecule has 6 nitrogen and oxygen atoms in total. The standard InChI is InChI=1S/C16H19ClN4O2/c1-22-14-5-4-11(7-13(14)17)21-16-8-15(19-10-20-16)18-9-12-3-2-6-23-12/h4-5,7-8,10,12H,2-3,6,9H2,1H3,(H2,18,19,20,21). The van der Waals surface area contributed by atoms with Crippen LogP contribution < -0.4 is 15.4 Å². The summed E-state index contributed by atoms with van der Waals surface area (Å²) in [6, 6.07) is 7.34. The van der Waals surface area contributed by atoms with Crippen LogP contribution in [0.5, 0.6) is 5.75 Å². The summed E-state index contributed by atoms with van der Waals surface area (Å²) in [4.78, 5) is 8.44. The summed E-state index contributed by atoms with van der Waals surface area (Å²) < 4.78 is 10.7. The molecule has 1 aromatic carbocycles. The molecule has 1 aliphatic heterocycles. The molecule has 2 aromatic rings. The molecule has 2 heterocycles. The Morgan fingerprint density at radius 1 is 1.30 bits per heavy atom. The fraction of sp³-hybridized carbons (Fsp3) is 0.375. The zero-order chi connectivity index (χ0) is 16.1. The molecule has 23 heavy (non-hydrogen) atoms. The van der Waals surface area contributed by atoms with E-state index in [0.717, 1.165) is 37.5 Å². The molecule has 1 saturated heterocycles. The molecular formula is C16H19ClN4O2. The van der Waals surface area contributed by atoms with Gasteiger partial charge in [0.05, 0.1) is 18.2 Å². The van der Waals surface area contributed by atoms with Crippen molar-refractivity contribution in [3.05, 3.63) is 35.6 Å². The largest absolute Gasteiger partial charge is 0.495 e. The van der Waals surface area contributed by atoms with E-state index in [0.29, 0.717) is 16.6 Å². The maximum absolute atomic E-state index is 6.13. The van der Waals surface area contributed by atoms with Crippen LogP contribution in [0.25, 0.3) is 0 Å². The molecule has 1 atom stereocenters. The maximum Gasteiger partial charge on any atom is 0.137 e. The smallest absolute Gasteiger partial charge is 0.137 e. The Bertz CT molecular complexity index is 662. The van der Waals surface area contributed by atoms with Gasteiger partial charge in [0.1, 0.15) is 23.7 Å². The van der Waals surface area contributed by atoms with E-state index in [1.807, 2.05) is 18.2 Å². The van der Waals surface area contributed by atoms with Crippen molar-refractivity contribution in [2.45, 2.75) is 18.9 Å². The third-order valence-corrected chi connectivity index (χ3v) is 3.92. The Labute approximate surface area is 140 Å². The number of benzene rings is 1. The highest BCUT2D eigenvalue weighted by molar-refractivity contribution is 6.32. The van der Waals surface area contributed by atoms with E-state index in [-0.39, 0.29) is 6.10 Å². The predicted molar refractivity (Wildman–Crippen MR) is 90.8 cm³/mol. The SMILES string of the molecule is COc1ccc(Nc2cc(NCC3CCCO3)ncn2)cc1Cl. The van der Waals surface area contributed by atoms with Crippen molar-refractivity contribution in [1.82, 2.24) is 9.97 Å². The summed E-state index contributed by atoms with van der Waals surface area (Å²) >= 11 is 6.13. The fourth-order valence-corrected chi connectivity index (χ4v) is 2.70. The van der Waals surface area contributed by atoms with E-state index in [1.165, 1.54) is 6.33 Å². The summed E-state index contributed by atoms with van der Waals surface area (Å²) in [6.45, 7) is 1.60. The first kappa shape index (κ1) is 15.8. The van der Waals surface area contributed by atoms with Gasteiger partial charge in [-0.25, -0.2) is 9.97 Å². The Hall–Kier alpha value is -2.05. The number of nitrogens with one attached hydrogen (secondary N) is 2. The molecular weight excluding hydrogens is 316 g/mol. The Morgan fingerprint density at radius 3 is 2.91 bits per heavy atom. The third kappa shape index (κ3) is 4.24. The van der Waals surface area contributed by atoms with Gasteiger partial charge in [0.2, 0.25) is 0 Å². The molecule has 122 valence electrons. The number of methoxy groups -OCH3 is 1. The fourth-order valence-electron chi connectivity index (χ4n) is 2.44. The molecule has 7 heteroatoms. The number of hydrogen-bond donors (Lipinski definition) is 2. The molecule has 0 radical (unpaired) electrons. The second-order valence-corrected chi connectivity index (χ2v) is 5.69. The van der Waals surface area contributed by atoms with Crippen LogP contribution in [0.4, 0.5) is 17.3 Å². The van der Waals surface area contributed by atoms with E-state index in [4.69, 9.17) is 21.1 Å². The highest BCUT2D eigenvalue weighted by Crippen LogP contribution is 2.28. The number of halogens is 1. The molecule has 0 saturated carbocycles. The van der Waals surface area contributed by atoms with Crippen LogP contribution in [-0.4, -0.2) is 36.3 Å². The van der Waals surface area contributed by atoms with E-state index < -0.39 is 0 Å². The third-order valence-electron chi connectivity index (χ3n) is 3.63. The van der Waals surface area contributed by atoms with Crippen LogP contribution in [0.3, 0.4) is 0 Å². The Kier molecular flexibility index (Phi) is 5.15. The number of hydrogen-bond acceptors (Lipinski definition) is 6. The maximum atomic E-state index is 6.13. The summed E-state index contributed by atoms with van der Waals surface area (Å²) in [6.07, 6.45) is 4.00. The molecule has 0 amide bonds. The lowest BCUT2D eigenvalue weighted by molar-refractivity contribution is 0.120. The minimum atomic E-state index is 0.266. The van der Waals surface area contributed by atoms with Crippen LogP contribution in [0.2, 0.25) is 5.02 Å². The van der Waals surface area contributed by atoms with Crippen LogP contribution >= 0.6 is 11.6 Å². The molecule has 1 aliphatic rings. The lowest BCUT2D eigenvalue weighted by Gasteiger charge is -2.12. The summed E-state index contributed by atoms with van der Waals surface area (Å²) in [5, 5.41) is 7.03. The van der Waals surface area contributed by atoms with E-state index in [1.54, 1.807) is 13.2 Å². The minimum Gasteiger partial charge on any atom is -0.495 e. The van der Waals surface area contributed by atoms with Crippen molar-refractivity contribution in [2.75, 3.05) is 30.9 Å². The molecule has 1 fully saturated rings.